The topological polar surface area (TPSA) is 86.5 Å². The van der Waals surface area contributed by atoms with Gasteiger partial charge in [0, 0.05) is 24.5 Å². The first kappa shape index (κ1) is 21.0. The second-order valence-corrected chi connectivity index (χ2v) is 9.56. The molecule has 3 aliphatic rings. The maximum absolute atomic E-state index is 13.3. The van der Waals surface area contributed by atoms with Crippen LogP contribution in [0.1, 0.15) is 82.6 Å². The molecule has 0 amide bonds. The third-order valence-corrected chi connectivity index (χ3v) is 7.18. The molecule has 2 saturated carbocycles. The van der Waals surface area contributed by atoms with E-state index in [-0.39, 0.29) is 17.9 Å². The van der Waals surface area contributed by atoms with Gasteiger partial charge in [-0.05, 0) is 49.5 Å². The fourth-order valence-corrected chi connectivity index (χ4v) is 4.94. The molecule has 1 aromatic carbocycles. The number of nitro groups is 1. The number of hydrogen-bond acceptors (Lipinski definition) is 5. The maximum atomic E-state index is 13.3. The number of rotatable bonds is 10. The molecule has 2 unspecified atom stereocenters. The summed E-state index contributed by atoms with van der Waals surface area (Å²) in [6.07, 6.45) is 9.42. The van der Waals surface area contributed by atoms with E-state index in [9.17, 15) is 19.7 Å². The molecule has 6 nitrogen and oxygen atoms in total. The molecule has 0 aromatic heterocycles. The summed E-state index contributed by atoms with van der Waals surface area (Å²) in [5.74, 6) is -0.306. The van der Waals surface area contributed by atoms with E-state index in [0.717, 1.165) is 37.5 Å². The molecule has 3 fully saturated rings. The Morgan fingerprint density at radius 1 is 1.13 bits per heavy atom. The van der Waals surface area contributed by atoms with Gasteiger partial charge in [-0.15, -0.1) is 0 Å². The summed E-state index contributed by atoms with van der Waals surface area (Å²) in [4.78, 5) is 37.2. The van der Waals surface area contributed by atoms with Crippen molar-refractivity contribution in [2.24, 2.45) is 17.8 Å². The number of ether oxygens (including phenoxy) is 1. The molecule has 0 bridgehead atoms. The van der Waals surface area contributed by atoms with Gasteiger partial charge in [-0.2, -0.15) is 0 Å². The highest BCUT2D eigenvalue weighted by Crippen LogP contribution is 2.46. The predicted molar refractivity (Wildman–Crippen MR) is 112 cm³/mol. The Morgan fingerprint density at radius 2 is 1.77 bits per heavy atom. The van der Waals surface area contributed by atoms with E-state index in [1.165, 1.54) is 37.8 Å². The number of benzene rings is 1. The average Bonchev–Trinajstić information content (AvgIpc) is 3.62. The van der Waals surface area contributed by atoms with Crippen LogP contribution >= 0.6 is 0 Å². The van der Waals surface area contributed by atoms with Crippen LogP contribution < -0.4 is 0 Å². The van der Waals surface area contributed by atoms with Crippen molar-refractivity contribution in [2.75, 3.05) is 0 Å². The fourth-order valence-electron chi connectivity index (χ4n) is 4.94. The summed E-state index contributed by atoms with van der Waals surface area (Å²) in [5.41, 5.74) is -0.00662. The average molecular weight is 414 g/mol. The first-order chi connectivity index (χ1) is 14.4. The summed E-state index contributed by atoms with van der Waals surface area (Å²) in [6.45, 7) is 1.91. The zero-order chi connectivity index (χ0) is 21.3. The number of ketones is 1. The van der Waals surface area contributed by atoms with Gasteiger partial charge < -0.3 is 4.74 Å². The van der Waals surface area contributed by atoms with Gasteiger partial charge >= 0.3 is 5.97 Å². The van der Waals surface area contributed by atoms with Crippen LogP contribution in [0, 0.1) is 27.9 Å². The largest absolute Gasteiger partial charge is 0.458 e. The Bertz CT molecular complexity index is 791. The number of esters is 1. The molecule has 6 heteroatoms. The number of non-ortho nitro benzene ring substituents is 1. The first-order valence-corrected chi connectivity index (χ1v) is 11.4. The van der Waals surface area contributed by atoms with Crippen molar-refractivity contribution in [3.63, 3.8) is 0 Å². The molecule has 0 radical (unpaired) electrons. The molecule has 162 valence electrons. The van der Waals surface area contributed by atoms with Crippen molar-refractivity contribution >= 4 is 17.4 Å². The van der Waals surface area contributed by atoms with Crippen molar-refractivity contribution in [1.29, 1.82) is 0 Å². The van der Waals surface area contributed by atoms with Gasteiger partial charge in [0.1, 0.15) is 11.5 Å². The molecule has 1 aliphatic heterocycles. The minimum atomic E-state index is -0.869. The highest BCUT2D eigenvalue weighted by atomic mass is 16.6. The molecular formula is C24H31NO5. The zero-order valence-electron chi connectivity index (χ0n) is 17.7. The molecule has 1 saturated heterocycles. The van der Waals surface area contributed by atoms with Crippen LogP contribution in [0.15, 0.2) is 24.3 Å². The van der Waals surface area contributed by atoms with Crippen molar-refractivity contribution in [3.8, 4) is 0 Å². The maximum Gasteiger partial charge on any atom is 0.317 e. The van der Waals surface area contributed by atoms with Crippen molar-refractivity contribution in [2.45, 2.75) is 82.7 Å². The lowest BCUT2D eigenvalue weighted by atomic mass is 9.74. The Balaban J connectivity index is 1.53. The molecule has 0 spiro atoms. The van der Waals surface area contributed by atoms with Crippen LogP contribution in [0.2, 0.25) is 0 Å². The number of carbonyl (C=O) groups is 2. The number of carbonyl (C=O) groups excluding carboxylic acids is 2. The van der Waals surface area contributed by atoms with Gasteiger partial charge in [-0.1, -0.05) is 44.7 Å². The van der Waals surface area contributed by atoms with Crippen LogP contribution in [-0.2, 0) is 14.3 Å². The predicted octanol–water partition coefficient (Wildman–Crippen LogP) is 5.34. The SMILES string of the molecule is CCC(c1cccc([N+](=O)[O-])c1)C1C(=O)CC(CCC2CC2)(CCC2CC2)OC1=O. The second-order valence-electron chi connectivity index (χ2n) is 9.56. The molecule has 0 N–H and O–H groups in total. The van der Waals surface area contributed by atoms with Crippen LogP contribution in [0.25, 0.3) is 0 Å². The van der Waals surface area contributed by atoms with Gasteiger partial charge in [0.25, 0.3) is 5.69 Å². The van der Waals surface area contributed by atoms with E-state index in [0.29, 0.717) is 12.0 Å². The van der Waals surface area contributed by atoms with Crippen LogP contribution in [0.5, 0.6) is 0 Å². The summed E-state index contributed by atoms with van der Waals surface area (Å²) in [6, 6.07) is 6.29. The molecule has 30 heavy (non-hydrogen) atoms. The molecule has 2 aliphatic carbocycles. The van der Waals surface area contributed by atoms with E-state index < -0.39 is 28.3 Å². The number of nitrogens with zero attached hydrogens (tertiary/aromatic N) is 1. The van der Waals surface area contributed by atoms with Crippen molar-refractivity contribution < 1.29 is 19.2 Å². The minimum Gasteiger partial charge on any atom is -0.458 e. The van der Waals surface area contributed by atoms with E-state index in [1.54, 1.807) is 12.1 Å². The van der Waals surface area contributed by atoms with E-state index >= 15 is 0 Å². The summed E-state index contributed by atoms with van der Waals surface area (Å²) < 4.78 is 6.10. The number of hydrogen-bond donors (Lipinski definition) is 0. The zero-order valence-corrected chi connectivity index (χ0v) is 17.7. The minimum absolute atomic E-state index is 0.0224. The monoisotopic (exact) mass is 413 g/mol. The smallest absolute Gasteiger partial charge is 0.317 e. The van der Waals surface area contributed by atoms with E-state index in [1.807, 2.05) is 6.92 Å². The molecule has 4 rings (SSSR count). The third-order valence-electron chi connectivity index (χ3n) is 7.18. The Kier molecular flexibility index (Phi) is 5.94. The Hall–Kier alpha value is -2.24. The van der Waals surface area contributed by atoms with Crippen molar-refractivity contribution in [3.05, 3.63) is 39.9 Å². The van der Waals surface area contributed by atoms with Crippen LogP contribution in [0.4, 0.5) is 5.69 Å². The number of cyclic esters (lactones) is 1. The number of Topliss-reactive ketones (excluding diaryl/α,β-unsaturated/α-hetero) is 1. The van der Waals surface area contributed by atoms with E-state index in [2.05, 4.69) is 0 Å². The van der Waals surface area contributed by atoms with E-state index in [4.69, 9.17) is 4.74 Å². The third kappa shape index (κ3) is 4.73. The summed E-state index contributed by atoms with van der Waals surface area (Å²) >= 11 is 0. The van der Waals surface area contributed by atoms with Gasteiger partial charge in [-0.3, -0.25) is 19.7 Å². The molecule has 1 heterocycles. The quantitative estimate of drug-likeness (QED) is 0.224. The summed E-state index contributed by atoms with van der Waals surface area (Å²) in [5, 5.41) is 11.2. The highest BCUT2D eigenvalue weighted by molar-refractivity contribution is 6.02. The van der Waals surface area contributed by atoms with Gasteiger partial charge in [0.05, 0.1) is 4.92 Å². The van der Waals surface area contributed by atoms with Crippen LogP contribution in [-0.4, -0.2) is 22.3 Å². The number of nitro benzene ring substituents is 1. The van der Waals surface area contributed by atoms with Gasteiger partial charge in [0.15, 0.2) is 5.78 Å². The van der Waals surface area contributed by atoms with Crippen molar-refractivity contribution in [1.82, 2.24) is 0 Å². The Labute approximate surface area is 177 Å². The molecule has 1 aromatic rings. The lowest BCUT2D eigenvalue weighted by Gasteiger charge is -2.41. The standard InChI is InChI=1S/C24H31NO5/c1-2-20(18-4-3-5-19(14-18)25(28)29)22-21(26)15-24(30-23(22)27,12-10-16-6-7-16)13-11-17-8-9-17/h3-5,14,16-17,20,22H,2,6-13,15H2,1H3. The molecule has 2 atom stereocenters. The lowest BCUT2D eigenvalue weighted by Crippen LogP contribution is -2.49. The van der Waals surface area contributed by atoms with Crippen LogP contribution in [0.3, 0.4) is 0 Å². The second kappa shape index (κ2) is 8.48. The molecular weight excluding hydrogens is 382 g/mol. The fraction of sp³-hybridized carbons (Fsp3) is 0.667. The Morgan fingerprint density at radius 3 is 2.27 bits per heavy atom. The summed E-state index contributed by atoms with van der Waals surface area (Å²) in [7, 11) is 0. The van der Waals surface area contributed by atoms with Gasteiger partial charge in [-0.25, -0.2) is 0 Å². The normalized spacial score (nSPS) is 24.4. The highest BCUT2D eigenvalue weighted by Gasteiger charge is 2.50. The van der Waals surface area contributed by atoms with Gasteiger partial charge in [0.2, 0.25) is 0 Å². The lowest BCUT2D eigenvalue weighted by molar-refractivity contribution is -0.384. The first-order valence-electron chi connectivity index (χ1n) is 11.4.